The van der Waals surface area contributed by atoms with Crippen LogP contribution in [0.2, 0.25) is 5.02 Å². The second-order valence-corrected chi connectivity index (χ2v) is 5.11. The van der Waals surface area contributed by atoms with E-state index in [-0.39, 0.29) is 11.4 Å². The van der Waals surface area contributed by atoms with Gasteiger partial charge in [-0.3, -0.25) is 10.1 Å². The highest BCUT2D eigenvalue weighted by atomic mass is 35.5. The highest BCUT2D eigenvalue weighted by molar-refractivity contribution is 6.31. The summed E-state index contributed by atoms with van der Waals surface area (Å²) in [5.41, 5.74) is 1.65. The van der Waals surface area contributed by atoms with Gasteiger partial charge in [-0.2, -0.15) is 5.26 Å². The average molecular weight is 324 g/mol. The summed E-state index contributed by atoms with van der Waals surface area (Å²) in [6.07, 6.45) is 0. The monoisotopic (exact) mass is 323 g/mol. The molecule has 2 aromatic carbocycles. The van der Waals surface area contributed by atoms with Crippen LogP contribution in [0.5, 0.6) is 0 Å². The first-order valence-corrected chi connectivity index (χ1v) is 7.09. The highest BCUT2D eigenvalue weighted by Gasteiger charge is 2.19. The standard InChI is InChI=1S/C17H10ClN3O2/c18-13-8-4-7-12(9-13)16(22)20-17-14(10-19)15(21-23-17)11-5-2-1-3-6-11/h1-9H,(H,20,22). The molecule has 112 valence electrons. The van der Waals surface area contributed by atoms with Gasteiger partial charge in [-0.25, -0.2) is 0 Å². The molecule has 0 aliphatic heterocycles. The summed E-state index contributed by atoms with van der Waals surface area (Å²) in [5, 5.41) is 16.2. The van der Waals surface area contributed by atoms with E-state index >= 15 is 0 Å². The first-order chi connectivity index (χ1) is 11.2. The largest absolute Gasteiger partial charge is 0.336 e. The molecule has 0 bridgehead atoms. The quantitative estimate of drug-likeness (QED) is 0.786. The maximum absolute atomic E-state index is 12.2. The molecule has 0 aliphatic carbocycles. The minimum Gasteiger partial charge on any atom is -0.336 e. The van der Waals surface area contributed by atoms with Gasteiger partial charge in [0.2, 0.25) is 5.88 Å². The number of nitrogens with zero attached hydrogens (tertiary/aromatic N) is 2. The molecule has 1 heterocycles. The molecule has 1 aromatic heterocycles. The fourth-order valence-electron chi connectivity index (χ4n) is 2.08. The number of rotatable bonds is 3. The molecule has 3 aromatic rings. The number of anilines is 1. The Morgan fingerprint density at radius 3 is 2.65 bits per heavy atom. The zero-order chi connectivity index (χ0) is 16.2. The topological polar surface area (TPSA) is 78.9 Å². The molecule has 0 radical (unpaired) electrons. The molecule has 6 heteroatoms. The third kappa shape index (κ3) is 3.07. The van der Waals surface area contributed by atoms with E-state index in [1.165, 1.54) is 6.07 Å². The lowest BCUT2D eigenvalue weighted by molar-refractivity contribution is 0.102. The van der Waals surface area contributed by atoms with E-state index < -0.39 is 5.91 Å². The number of nitriles is 1. The molecule has 0 fully saturated rings. The van der Waals surface area contributed by atoms with Gasteiger partial charge in [0.15, 0.2) is 0 Å². The van der Waals surface area contributed by atoms with Crippen molar-refractivity contribution in [2.24, 2.45) is 0 Å². The fraction of sp³-hybridized carbons (Fsp3) is 0. The minimum atomic E-state index is -0.431. The minimum absolute atomic E-state index is 0.0105. The lowest BCUT2D eigenvalue weighted by Crippen LogP contribution is -2.12. The van der Waals surface area contributed by atoms with Gasteiger partial charge >= 0.3 is 0 Å². The predicted octanol–water partition coefficient (Wildman–Crippen LogP) is 4.12. The van der Waals surface area contributed by atoms with Crippen molar-refractivity contribution in [3.8, 4) is 17.3 Å². The summed E-state index contributed by atoms with van der Waals surface area (Å²) in [6, 6.07) is 17.6. The maximum atomic E-state index is 12.2. The van der Waals surface area contributed by atoms with E-state index in [9.17, 15) is 10.1 Å². The molecule has 23 heavy (non-hydrogen) atoms. The highest BCUT2D eigenvalue weighted by Crippen LogP contribution is 2.28. The Balaban J connectivity index is 1.91. The zero-order valence-electron chi connectivity index (χ0n) is 11.8. The number of benzene rings is 2. The number of hydrogen-bond acceptors (Lipinski definition) is 4. The summed E-state index contributed by atoms with van der Waals surface area (Å²) in [7, 11) is 0. The van der Waals surface area contributed by atoms with Crippen LogP contribution in [0.25, 0.3) is 11.3 Å². The van der Waals surface area contributed by atoms with Gasteiger partial charge in [-0.1, -0.05) is 53.2 Å². The van der Waals surface area contributed by atoms with Gasteiger partial charge in [0, 0.05) is 16.1 Å². The number of hydrogen-bond donors (Lipinski definition) is 1. The molecule has 0 aliphatic rings. The second-order valence-electron chi connectivity index (χ2n) is 4.68. The van der Waals surface area contributed by atoms with Crippen molar-refractivity contribution in [2.75, 3.05) is 5.32 Å². The van der Waals surface area contributed by atoms with E-state index in [4.69, 9.17) is 16.1 Å². The van der Waals surface area contributed by atoms with Crippen molar-refractivity contribution < 1.29 is 9.32 Å². The van der Waals surface area contributed by atoms with Gasteiger partial charge in [-0.15, -0.1) is 0 Å². The van der Waals surface area contributed by atoms with Gasteiger partial charge in [0.25, 0.3) is 5.91 Å². The van der Waals surface area contributed by atoms with E-state index in [1.807, 2.05) is 24.3 Å². The van der Waals surface area contributed by atoms with Crippen LogP contribution in [0.3, 0.4) is 0 Å². The third-order valence-electron chi connectivity index (χ3n) is 3.16. The van der Waals surface area contributed by atoms with Crippen LogP contribution in [-0.2, 0) is 0 Å². The predicted molar refractivity (Wildman–Crippen MR) is 86.1 cm³/mol. The van der Waals surface area contributed by atoms with Gasteiger partial charge in [-0.05, 0) is 18.2 Å². The van der Waals surface area contributed by atoms with Gasteiger partial charge in [0.05, 0.1) is 0 Å². The Morgan fingerprint density at radius 2 is 1.96 bits per heavy atom. The fourth-order valence-corrected chi connectivity index (χ4v) is 2.27. The molecular weight excluding hydrogens is 314 g/mol. The van der Waals surface area contributed by atoms with Crippen molar-refractivity contribution in [2.45, 2.75) is 0 Å². The normalized spacial score (nSPS) is 10.1. The lowest BCUT2D eigenvalue weighted by Gasteiger charge is -2.02. The zero-order valence-corrected chi connectivity index (χ0v) is 12.5. The number of carbonyl (C=O) groups is 1. The number of carbonyl (C=O) groups excluding carboxylic acids is 1. The molecule has 1 amide bonds. The molecular formula is C17H10ClN3O2. The molecule has 5 nitrogen and oxygen atoms in total. The maximum Gasteiger partial charge on any atom is 0.258 e. The second kappa shape index (κ2) is 6.34. The Bertz CT molecular complexity index is 898. The lowest BCUT2D eigenvalue weighted by atomic mass is 10.1. The summed E-state index contributed by atoms with van der Waals surface area (Å²) in [6.45, 7) is 0. The van der Waals surface area contributed by atoms with Crippen molar-refractivity contribution in [1.82, 2.24) is 5.16 Å². The Labute approximate surface area is 137 Å². The number of amides is 1. The van der Waals surface area contributed by atoms with E-state index in [1.54, 1.807) is 30.3 Å². The summed E-state index contributed by atoms with van der Waals surface area (Å²) >= 11 is 5.87. The summed E-state index contributed by atoms with van der Waals surface area (Å²) in [4.78, 5) is 12.2. The summed E-state index contributed by atoms with van der Waals surface area (Å²) in [5.74, 6) is -0.420. The third-order valence-corrected chi connectivity index (χ3v) is 3.40. The van der Waals surface area contributed by atoms with Crippen LogP contribution in [-0.4, -0.2) is 11.1 Å². The molecule has 3 rings (SSSR count). The van der Waals surface area contributed by atoms with Gasteiger partial charge < -0.3 is 4.52 Å². The molecule has 0 unspecified atom stereocenters. The molecule has 0 saturated heterocycles. The van der Waals surface area contributed by atoms with Crippen molar-refractivity contribution in [3.05, 3.63) is 70.7 Å². The first kappa shape index (κ1) is 14.8. The van der Waals surface area contributed by atoms with Crippen LogP contribution in [0, 0.1) is 11.3 Å². The number of aromatic nitrogens is 1. The SMILES string of the molecule is N#Cc1c(-c2ccccc2)noc1NC(=O)c1cccc(Cl)c1. The van der Waals surface area contributed by atoms with Crippen molar-refractivity contribution in [1.29, 1.82) is 5.26 Å². The Morgan fingerprint density at radius 1 is 1.17 bits per heavy atom. The Hall–Kier alpha value is -3.10. The van der Waals surface area contributed by atoms with Crippen LogP contribution in [0.4, 0.5) is 5.88 Å². The molecule has 0 saturated carbocycles. The molecule has 0 spiro atoms. The molecule has 1 N–H and O–H groups in total. The van der Waals surface area contributed by atoms with Crippen LogP contribution in [0.15, 0.2) is 59.1 Å². The van der Waals surface area contributed by atoms with Crippen molar-refractivity contribution >= 4 is 23.4 Å². The Kier molecular flexibility index (Phi) is 4.09. The first-order valence-electron chi connectivity index (χ1n) is 6.71. The average Bonchev–Trinajstić information content (AvgIpc) is 2.98. The van der Waals surface area contributed by atoms with E-state index in [0.29, 0.717) is 16.3 Å². The van der Waals surface area contributed by atoms with Crippen LogP contribution >= 0.6 is 11.6 Å². The van der Waals surface area contributed by atoms with Crippen LogP contribution < -0.4 is 5.32 Å². The van der Waals surface area contributed by atoms with E-state index in [2.05, 4.69) is 10.5 Å². The van der Waals surface area contributed by atoms with E-state index in [0.717, 1.165) is 5.56 Å². The van der Waals surface area contributed by atoms with Gasteiger partial charge in [0.1, 0.15) is 17.3 Å². The van der Waals surface area contributed by atoms with Crippen molar-refractivity contribution in [3.63, 3.8) is 0 Å². The summed E-state index contributed by atoms with van der Waals surface area (Å²) < 4.78 is 5.13. The number of halogens is 1. The number of nitrogens with one attached hydrogen (secondary N) is 1. The molecule has 0 atom stereocenters. The van der Waals surface area contributed by atoms with Crippen LogP contribution in [0.1, 0.15) is 15.9 Å². The smallest absolute Gasteiger partial charge is 0.258 e.